The van der Waals surface area contributed by atoms with Gasteiger partial charge in [-0.05, 0) is 35.4 Å². The minimum Gasteiger partial charge on any atom is -0.497 e. The number of nitrogens with zero attached hydrogens (tertiary/aromatic N) is 3. The maximum Gasteiger partial charge on any atom is 0.229 e. The van der Waals surface area contributed by atoms with Crippen molar-refractivity contribution in [2.45, 2.75) is 13.1 Å². The maximum absolute atomic E-state index is 13.2. The summed E-state index contributed by atoms with van der Waals surface area (Å²) in [6.07, 6.45) is 0. The number of halogens is 1. The fraction of sp³-hybridized carbons (Fsp3) is 0.400. The normalized spacial score (nSPS) is 10.7. The average Bonchev–Trinajstić information content (AvgIpc) is 2.92. The van der Waals surface area contributed by atoms with E-state index < -0.39 is 0 Å². The molecule has 12 heteroatoms. The van der Waals surface area contributed by atoms with Crippen molar-refractivity contribution in [1.29, 1.82) is 0 Å². The van der Waals surface area contributed by atoms with Gasteiger partial charge in [0.15, 0.2) is 0 Å². The van der Waals surface area contributed by atoms with Crippen molar-refractivity contribution < 1.29 is 23.3 Å². The number of methoxy groups -OCH3 is 2. The molecule has 0 unspecified atom stereocenters. The molecule has 3 aromatic rings. The Labute approximate surface area is 215 Å². The van der Waals surface area contributed by atoms with Gasteiger partial charge in [-0.1, -0.05) is 12.1 Å². The zero-order valence-electron chi connectivity index (χ0n) is 21.1. The number of benzene rings is 2. The van der Waals surface area contributed by atoms with E-state index in [0.29, 0.717) is 82.0 Å². The molecule has 0 aliphatic rings. The molecule has 0 atom stereocenters. The molecule has 0 saturated heterocycles. The quantitative estimate of drug-likeness (QED) is 0.197. The highest BCUT2D eigenvalue weighted by Gasteiger charge is 2.09. The molecule has 37 heavy (non-hydrogen) atoms. The Morgan fingerprint density at radius 3 is 1.81 bits per heavy atom. The predicted octanol–water partition coefficient (Wildman–Crippen LogP) is 2.66. The zero-order chi connectivity index (χ0) is 26.3. The van der Waals surface area contributed by atoms with Gasteiger partial charge in [-0.15, -0.1) is 0 Å². The standard InChI is InChI=1S/C25H34FN7O4/c1-34-21-13-19(14-22(15-21)35-2)17-30-25-32-23(28-8-10-37-12-11-36-9-7-27)31-24(33-25)29-16-18-3-5-20(26)6-4-18/h3-6,13-15H,7-12,16-17,27H2,1-2H3,(H3,28,29,30,31,32,33). The van der Waals surface area contributed by atoms with Crippen LogP contribution in [0.1, 0.15) is 11.1 Å². The van der Waals surface area contributed by atoms with Gasteiger partial charge in [-0.3, -0.25) is 0 Å². The highest BCUT2D eigenvalue weighted by molar-refractivity contribution is 5.44. The molecule has 0 spiro atoms. The molecule has 0 aliphatic heterocycles. The number of nitrogens with one attached hydrogen (secondary N) is 3. The number of hydrogen-bond donors (Lipinski definition) is 4. The lowest BCUT2D eigenvalue weighted by atomic mass is 10.2. The zero-order valence-corrected chi connectivity index (χ0v) is 21.1. The van der Waals surface area contributed by atoms with Crippen LogP contribution in [0.4, 0.5) is 22.2 Å². The van der Waals surface area contributed by atoms with Crippen molar-refractivity contribution in [2.24, 2.45) is 5.73 Å². The highest BCUT2D eigenvalue weighted by atomic mass is 19.1. The van der Waals surface area contributed by atoms with E-state index in [1.807, 2.05) is 12.1 Å². The highest BCUT2D eigenvalue weighted by Crippen LogP contribution is 2.23. The SMILES string of the molecule is COc1cc(CNc2nc(NCCOCCOCCN)nc(NCc3ccc(F)cc3)n2)cc(OC)c1. The van der Waals surface area contributed by atoms with E-state index in [1.165, 1.54) is 12.1 Å². The van der Waals surface area contributed by atoms with Gasteiger partial charge in [0.05, 0.1) is 40.6 Å². The third kappa shape index (κ3) is 10.0. The molecule has 0 aliphatic carbocycles. The van der Waals surface area contributed by atoms with Crippen LogP contribution in [0, 0.1) is 5.82 Å². The smallest absolute Gasteiger partial charge is 0.229 e. The molecule has 11 nitrogen and oxygen atoms in total. The second kappa shape index (κ2) is 15.4. The summed E-state index contributed by atoms with van der Waals surface area (Å²) >= 11 is 0. The van der Waals surface area contributed by atoms with Crippen LogP contribution < -0.4 is 31.2 Å². The van der Waals surface area contributed by atoms with Crippen LogP contribution in [0.25, 0.3) is 0 Å². The van der Waals surface area contributed by atoms with E-state index in [2.05, 4.69) is 30.9 Å². The fourth-order valence-electron chi connectivity index (χ4n) is 3.19. The van der Waals surface area contributed by atoms with Gasteiger partial charge >= 0.3 is 0 Å². The molecule has 0 saturated carbocycles. The van der Waals surface area contributed by atoms with Crippen LogP contribution in [-0.2, 0) is 22.6 Å². The van der Waals surface area contributed by atoms with E-state index >= 15 is 0 Å². The minimum absolute atomic E-state index is 0.288. The van der Waals surface area contributed by atoms with Crippen LogP contribution in [0.5, 0.6) is 11.5 Å². The summed E-state index contributed by atoms with van der Waals surface area (Å²) in [4.78, 5) is 13.4. The van der Waals surface area contributed by atoms with Gasteiger partial charge in [0.2, 0.25) is 17.8 Å². The average molecular weight is 516 g/mol. The molecule has 1 aromatic heterocycles. The molecule has 3 rings (SSSR count). The maximum atomic E-state index is 13.2. The van der Waals surface area contributed by atoms with Crippen LogP contribution in [0.3, 0.4) is 0 Å². The van der Waals surface area contributed by atoms with Gasteiger partial charge in [-0.25, -0.2) is 4.39 Å². The fourth-order valence-corrected chi connectivity index (χ4v) is 3.19. The Balaban J connectivity index is 1.63. The molecule has 0 bridgehead atoms. The van der Waals surface area contributed by atoms with E-state index in [0.717, 1.165) is 11.1 Å². The van der Waals surface area contributed by atoms with Crippen molar-refractivity contribution in [1.82, 2.24) is 15.0 Å². The molecule has 200 valence electrons. The van der Waals surface area contributed by atoms with E-state index in [1.54, 1.807) is 32.4 Å². The van der Waals surface area contributed by atoms with Crippen LogP contribution >= 0.6 is 0 Å². The lowest BCUT2D eigenvalue weighted by molar-refractivity contribution is 0.0547. The summed E-state index contributed by atoms with van der Waals surface area (Å²) in [5.74, 6) is 2.20. The number of nitrogens with two attached hydrogens (primary N) is 1. The summed E-state index contributed by atoms with van der Waals surface area (Å²) in [5.41, 5.74) is 7.21. The summed E-state index contributed by atoms with van der Waals surface area (Å²) in [7, 11) is 3.21. The number of aromatic nitrogens is 3. The monoisotopic (exact) mass is 515 g/mol. The van der Waals surface area contributed by atoms with Gasteiger partial charge in [0, 0.05) is 32.2 Å². The molecule has 0 radical (unpaired) electrons. The number of ether oxygens (including phenoxy) is 4. The van der Waals surface area contributed by atoms with Crippen molar-refractivity contribution in [3.05, 3.63) is 59.4 Å². The molecule has 2 aromatic carbocycles. The summed E-state index contributed by atoms with van der Waals surface area (Å²) < 4.78 is 34.7. The molecule has 1 heterocycles. The number of anilines is 3. The first-order chi connectivity index (χ1) is 18.1. The third-order valence-electron chi connectivity index (χ3n) is 5.02. The van der Waals surface area contributed by atoms with E-state index in [9.17, 15) is 4.39 Å². The number of rotatable bonds is 17. The Hall–Kier alpha value is -3.74. The first-order valence-corrected chi connectivity index (χ1v) is 11.9. The largest absolute Gasteiger partial charge is 0.497 e. The van der Waals surface area contributed by atoms with Gasteiger partial charge in [0.1, 0.15) is 17.3 Å². The topological polar surface area (TPSA) is 138 Å². The first-order valence-electron chi connectivity index (χ1n) is 11.9. The van der Waals surface area contributed by atoms with Gasteiger partial charge in [0.25, 0.3) is 0 Å². The van der Waals surface area contributed by atoms with Crippen molar-refractivity contribution in [2.75, 3.05) is 69.7 Å². The van der Waals surface area contributed by atoms with E-state index in [4.69, 9.17) is 24.7 Å². The lowest BCUT2D eigenvalue weighted by Crippen LogP contribution is -2.17. The lowest BCUT2D eigenvalue weighted by Gasteiger charge is -2.13. The van der Waals surface area contributed by atoms with Crippen molar-refractivity contribution in [3.63, 3.8) is 0 Å². The van der Waals surface area contributed by atoms with Crippen molar-refractivity contribution >= 4 is 17.8 Å². The van der Waals surface area contributed by atoms with Crippen LogP contribution in [-0.4, -0.2) is 68.7 Å². The van der Waals surface area contributed by atoms with E-state index in [-0.39, 0.29) is 5.82 Å². The second-order valence-electron chi connectivity index (χ2n) is 7.80. The molecule has 5 N–H and O–H groups in total. The van der Waals surface area contributed by atoms with Crippen LogP contribution in [0.2, 0.25) is 0 Å². The van der Waals surface area contributed by atoms with Gasteiger partial charge < -0.3 is 40.6 Å². The summed E-state index contributed by atoms with van der Waals surface area (Å²) in [6, 6.07) is 11.8. The van der Waals surface area contributed by atoms with Crippen molar-refractivity contribution in [3.8, 4) is 11.5 Å². The molecule has 0 fully saturated rings. The minimum atomic E-state index is -0.288. The Morgan fingerprint density at radius 1 is 0.703 bits per heavy atom. The van der Waals surface area contributed by atoms with Crippen LogP contribution in [0.15, 0.2) is 42.5 Å². The Bertz CT molecular complexity index is 1070. The third-order valence-corrected chi connectivity index (χ3v) is 5.02. The second-order valence-corrected chi connectivity index (χ2v) is 7.80. The van der Waals surface area contributed by atoms with Gasteiger partial charge in [-0.2, -0.15) is 15.0 Å². The molecular weight excluding hydrogens is 481 g/mol. The molecule has 0 amide bonds. The number of hydrogen-bond acceptors (Lipinski definition) is 11. The first kappa shape index (κ1) is 27.8. The molecular formula is C25H34FN7O4. The Kier molecular flexibility index (Phi) is 11.6. The summed E-state index contributed by atoms with van der Waals surface area (Å²) in [5, 5.41) is 9.53. The Morgan fingerprint density at radius 2 is 1.24 bits per heavy atom. The summed E-state index contributed by atoms with van der Waals surface area (Å²) in [6.45, 7) is 3.75. The predicted molar refractivity (Wildman–Crippen MR) is 140 cm³/mol.